The summed E-state index contributed by atoms with van der Waals surface area (Å²) in [7, 11) is 0. The van der Waals surface area contributed by atoms with E-state index >= 15 is 0 Å². The topological polar surface area (TPSA) is 50.2 Å². The molecule has 0 spiro atoms. The molecule has 4 aromatic rings. The number of nitrogens with zero attached hydrogens (tertiary/aromatic N) is 3. The van der Waals surface area contributed by atoms with Crippen LogP contribution >= 0.6 is 11.6 Å². The van der Waals surface area contributed by atoms with Crippen molar-refractivity contribution >= 4 is 23.6 Å². The number of hydrazone groups is 1. The molecule has 0 saturated heterocycles. The number of anilines is 1. The number of hydrogen-bond donors (Lipinski definition) is 1. The molecule has 0 aliphatic rings. The van der Waals surface area contributed by atoms with E-state index in [0.29, 0.717) is 16.7 Å². The van der Waals surface area contributed by atoms with Crippen LogP contribution in [-0.2, 0) is 0 Å². The molecule has 0 radical (unpaired) electrons. The van der Waals surface area contributed by atoms with E-state index in [2.05, 4.69) is 15.5 Å². The summed E-state index contributed by atoms with van der Waals surface area (Å²) in [5.41, 5.74) is 6.61. The van der Waals surface area contributed by atoms with E-state index in [0.717, 1.165) is 22.4 Å². The fraction of sp³-hybridized carbons (Fsp3) is 0. The van der Waals surface area contributed by atoms with Crippen molar-refractivity contribution in [3.8, 4) is 22.6 Å². The highest BCUT2D eigenvalue weighted by molar-refractivity contribution is 6.33. The van der Waals surface area contributed by atoms with E-state index in [1.54, 1.807) is 6.21 Å². The van der Waals surface area contributed by atoms with Gasteiger partial charge in [0.25, 0.3) is 0 Å². The highest BCUT2D eigenvalue weighted by atomic mass is 35.5. The van der Waals surface area contributed by atoms with Gasteiger partial charge >= 0.3 is 0 Å². The van der Waals surface area contributed by atoms with Gasteiger partial charge in [0.15, 0.2) is 11.6 Å². The van der Waals surface area contributed by atoms with Crippen LogP contribution in [0.2, 0.25) is 5.02 Å². The Kier molecular flexibility index (Phi) is 5.41. The average Bonchev–Trinajstić information content (AvgIpc) is 2.76. The highest BCUT2D eigenvalue weighted by Crippen LogP contribution is 2.24. The summed E-state index contributed by atoms with van der Waals surface area (Å²) in [5.74, 6) is 1.24. The lowest BCUT2D eigenvalue weighted by atomic mass is 10.1. The Bertz CT molecular complexity index is 1040. The molecule has 4 nitrogen and oxygen atoms in total. The van der Waals surface area contributed by atoms with Gasteiger partial charge in [0, 0.05) is 27.8 Å². The number of benzene rings is 3. The first-order chi connectivity index (χ1) is 13.8. The van der Waals surface area contributed by atoms with Crippen molar-refractivity contribution in [1.29, 1.82) is 0 Å². The highest BCUT2D eigenvalue weighted by Gasteiger charge is 2.08. The van der Waals surface area contributed by atoms with Crippen LogP contribution in [-0.4, -0.2) is 16.2 Å². The number of hydrogen-bond acceptors (Lipinski definition) is 4. The molecule has 0 unspecified atom stereocenters. The molecular formula is C23H17ClN4. The van der Waals surface area contributed by atoms with Crippen LogP contribution in [0.1, 0.15) is 5.56 Å². The molecule has 4 rings (SSSR count). The van der Waals surface area contributed by atoms with Crippen LogP contribution < -0.4 is 5.43 Å². The van der Waals surface area contributed by atoms with Gasteiger partial charge in [-0.05, 0) is 6.07 Å². The summed E-state index contributed by atoms with van der Waals surface area (Å²) < 4.78 is 0. The molecule has 28 heavy (non-hydrogen) atoms. The minimum atomic E-state index is 0.607. The molecule has 1 N–H and O–H groups in total. The number of nitrogens with one attached hydrogen (secondary N) is 1. The summed E-state index contributed by atoms with van der Waals surface area (Å²) in [5, 5.41) is 4.94. The fourth-order valence-electron chi connectivity index (χ4n) is 2.73. The van der Waals surface area contributed by atoms with Crippen LogP contribution in [0.4, 0.5) is 5.82 Å². The fourth-order valence-corrected chi connectivity index (χ4v) is 2.91. The maximum atomic E-state index is 6.17. The molecule has 136 valence electrons. The van der Waals surface area contributed by atoms with Gasteiger partial charge in [0.05, 0.1) is 11.9 Å². The minimum Gasteiger partial charge on any atom is -0.261 e. The van der Waals surface area contributed by atoms with Crippen LogP contribution in [0.3, 0.4) is 0 Å². The first kappa shape index (κ1) is 17.9. The zero-order chi connectivity index (χ0) is 19.2. The standard InChI is InChI=1S/C23H17ClN4/c24-20-14-8-7-13-19(20)16-25-28-22-15-21(17-9-3-1-4-10-17)26-23(27-22)18-11-5-2-6-12-18/h1-16H,(H,26,27,28)/b25-16-. The summed E-state index contributed by atoms with van der Waals surface area (Å²) in [6.45, 7) is 0. The van der Waals surface area contributed by atoms with Crippen molar-refractivity contribution in [1.82, 2.24) is 9.97 Å². The van der Waals surface area contributed by atoms with Crippen molar-refractivity contribution in [2.75, 3.05) is 5.43 Å². The zero-order valence-electron chi connectivity index (χ0n) is 15.0. The molecule has 0 saturated carbocycles. The normalized spacial score (nSPS) is 10.9. The lowest BCUT2D eigenvalue weighted by Gasteiger charge is -2.08. The Balaban J connectivity index is 1.69. The Morgan fingerprint density at radius 1 is 0.750 bits per heavy atom. The molecule has 3 aromatic carbocycles. The maximum absolute atomic E-state index is 6.17. The van der Waals surface area contributed by atoms with E-state index in [-0.39, 0.29) is 0 Å². The summed E-state index contributed by atoms with van der Waals surface area (Å²) in [6, 6.07) is 29.3. The van der Waals surface area contributed by atoms with Gasteiger partial charge in [0.2, 0.25) is 0 Å². The lowest BCUT2D eigenvalue weighted by Crippen LogP contribution is -1.99. The smallest absolute Gasteiger partial charge is 0.162 e. The Hall–Kier alpha value is -3.50. The third-order valence-corrected chi connectivity index (χ3v) is 4.46. The summed E-state index contributed by atoms with van der Waals surface area (Å²) in [4.78, 5) is 9.34. The second kappa shape index (κ2) is 8.46. The number of halogens is 1. The second-order valence-electron chi connectivity index (χ2n) is 6.09. The van der Waals surface area contributed by atoms with Crippen LogP contribution in [0.5, 0.6) is 0 Å². The summed E-state index contributed by atoms with van der Waals surface area (Å²) in [6.07, 6.45) is 1.68. The van der Waals surface area contributed by atoms with Crippen molar-refractivity contribution in [2.24, 2.45) is 5.10 Å². The predicted octanol–water partition coefficient (Wildman–Crippen LogP) is 5.91. The molecule has 0 amide bonds. The molecule has 5 heteroatoms. The van der Waals surface area contributed by atoms with Gasteiger partial charge in [-0.15, -0.1) is 0 Å². The van der Waals surface area contributed by atoms with Crippen LogP contribution in [0, 0.1) is 0 Å². The molecule has 0 bridgehead atoms. The summed E-state index contributed by atoms with van der Waals surface area (Å²) >= 11 is 6.17. The van der Waals surface area contributed by atoms with E-state index in [9.17, 15) is 0 Å². The molecule has 0 aliphatic heterocycles. The Labute approximate surface area is 168 Å². The van der Waals surface area contributed by atoms with Gasteiger partial charge < -0.3 is 0 Å². The first-order valence-corrected chi connectivity index (χ1v) is 9.21. The van der Waals surface area contributed by atoms with Crippen LogP contribution in [0.25, 0.3) is 22.6 Å². The average molecular weight is 385 g/mol. The predicted molar refractivity (Wildman–Crippen MR) is 116 cm³/mol. The zero-order valence-corrected chi connectivity index (χ0v) is 15.7. The molecule has 1 aromatic heterocycles. The number of aromatic nitrogens is 2. The first-order valence-electron chi connectivity index (χ1n) is 8.83. The maximum Gasteiger partial charge on any atom is 0.162 e. The van der Waals surface area contributed by atoms with Gasteiger partial charge in [-0.2, -0.15) is 5.10 Å². The molecular weight excluding hydrogens is 368 g/mol. The third kappa shape index (κ3) is 4.24. The van der Waals surface area contributed by atoms with Crippen LogP contribution in [0.15, 0.2) is 96.1 Å². The Morgan fingerprint density at radius 2 is 1.39 bits per heavy atom. The largest absolute Gasteiger partial charge is 0.261 e. The van der Waals surface area contributed by atoms with E-state index < -0.39 is 0 Å². The van der Waals surface area contributed by atoms with Gasteiger partial charge in [-0.3, -0.25) is 5.43 Å². The van der Waals surface area contributed by atoms with Crippen molar-refractivity contribution in [2.45, 2.75) is 0 Å². The quantitative estimate of drug-likeness (QED) is 0.343. The lowest BCUT2D eigenvalue weighted by molar-refractivity contribution is 1.15. The Morgan fingerprint density at radius 3 is 2.11 bits per heavy atom. The van der Waals surface area contributed by atoms with Gasteiger partial charge in [-0.25, -0.2) is 9.97 Å². The second-order valence-corrected chi connectivity index (χ2v) is 6.49. The van der Waals surface area contributed by atoms with Gasteiger partial charge in [0.1, 0.15) is 0 Å². The van der Waals surface area contributed by atoms with E-state index in [4.69, 9.17) is 16.6 Å². The molecule has 0 atom stereocenters. The van der Waals surface area contributed by atoms with Gasteiger partial charge in [-0.1, -0.05) is 90.5 Å². The molecule has 0 aliphatic carbocycles. The third-order valence-electron chi connectivity index (χ3n) is 4.12. The van der Waals surface area contributed by atoms with Crippen molar-refractivity contribution in [3.05, 3.63) is 102 Å². The van der Waals surface area contributed by atoms with Crippen molar-refractivity contribution in [3.63, 3.8) is 0 Å². The molecule has 0 fully saturated rings. The molecule has 1 heterocycles. The minimum absolute atomic E-state index is 0.607. The monoisotopic (exact) mass is 384 g/mol. The van der Waals surface area contributed by atoms with Crippen molar-refractivity contribution < 1.29 is 0 Å². The number of rotatable bonds is 5. The SMILES string of the molecule is Clc1ccccc1/C=N\Nc1cc(-c2ccccc2)nc(-c2ccccc2)n1. The van der Waals surface area contributed by atoms with E-state index in [1.807, 2.05) is 91.0 Å². The van der Waals surface area contributed by atoms with E-state index in [1.165, 1.54) is 0 Å².